The van der Waals surface area contributed by atoms with Crippen LogP contribution in [-0.2, 0) is 19.1 Å². The maximum atomic E-state index is 11.8. The van der Waals surface area contributed by atoms with E-state index in [1.54, 1.807) is 6.08 Å². The highest BCUT2D eigenvalue weighted by Gasteiger charge is 2.02. The van der Waals surface area contributed by atoms with Gasteiger partial charge in [-0.3, -0.25) is 4.79 Å². The largest absolute Gasteiger partial charge is 0.465 e. The van der Waals surface area contributed by atoms with E-state index in [1.807, 2.05) is 0 Å². The molecule has 0 unspecified atom stereocenters. The van der Waals surface area contributed by atoms with Crippen LogP contribution in [0.25, 0.3) is 0 Å². The van der Waals surface area contributed by atoms with Gasteiger partial charge in [0.05, 0.1) is 19.6 Å². The number of carbonyl (C=O) groups is 2. The van der Waals surface area contributed by atoms with Crippen LogP contribution in [0.3, 0.4) is 0 Å². The average Bonchev–Trinajstić information content (AvgIpc) is 2.85. The summed E-state index contributed by atoms with van der Waals surface area (Å²) in [5.74, 6) is -0.637. The first kappa shape index (κ1) is 33.7. The molecule has 4 heteroatoms. The van der Waals surface area contributed by atoms with E-state index in [4.69, 9.17) is 9.47 Å². The summed E-state index contributed by atoms with van der Waals surface area (Å²) in [5.41, 5.74) is 0. The van der Waals surface area contributed by atoms with E-state index in [0.29, 0.717) is 13.2 Å². The summed E-state index contributed by atoms with van der Waals surface area (Å²) in [6.07, 6.45) is 31.1. The number of rotatable bonds is 27. The zero-order valence-electron chi connectivity index (χ0n) is 23.5. The Morgan fingerprint density at radius 2 is 0.829 bits per heavy atom. The Morgan fingerprint density at radius 1 is 0.486 bits per heavy atom. The highest BCUT2D eigenvalue weighted by atomic mass is 16.5. The van der Waals surface area contributed by atoms with Gasteiger partial charge >= 0.3 is 11.9 Å². The Labute approximate surface area is 218 Å². The van der Waals surface area contributed by atoms with Crippen molar-refractivity contribution in [2.45, 2.75) is 162 Å². The smallest absolute Gasteiger partial charge is 0.330 e. The fourth-order valence-corrected chi connectivity index (χ4v) is 4.25. The molecule has 0 rings (SSSR count). The summed E-state index contributed by atoms with van der Waals surface area (Å²) in [5, 5.41) is 0. The fraction of sp³-hybridized carbons (Fsp3) is 0.871. The van der Waals surface area contributed by atoms with Crippen LogP contribution in [0.1, 0.15) is 162 Å². The summed E-state index contributed by atoms with van der Waals surface area (Å²) in [7, 11) is 0. The molecular formula is C31H58O4. The Bertz CT molecular complexity index is 486. The summed E-state index contributed by atoms with van der Waals surface area (Å²) in [6, 6.07) is 0. The molecule has 0 atom stereocenters. The Kier molecular flexibility index (Phi) is 27.8. The van der Waals surface area contributed by atoms with Crippen LogP contribution in [0.4, 0.5) is 0 Å². The van der Waals surface area contributed by atoms with Crippen molar-refractivity contribution >= 4 is 11.9 Å². The van der Waals surface area contributed by atoms with Gasteiger partial charge in [-0.2, -0.15) is 0 Å². The van der Waals surface area contributed by atoms with Gasteiger partial charge in [-0.05, 0) is 12.8 Å². The molecule has 0 N–H and O–H groups in total. The molecule has 0 saturated heterocycles. The molecule has 0 aliphatic heterocycles. The van der Waals surface area contributed by atoms with Gasteiger partial charge in [0.2, 0.25) is 0 Å². The lowest BCUT2D eigenvalue weighted by Crippen LogP contribution is -2.06. The molecule has 0 amide bonds. The zero-order valence-corrected chi connectivity index (χ0v) is 23.5. The first-order valence-corrected chi connectivity index (χ1v) is 15.2. The molecule has 4 nitrogen and oxygen atoms in total. The molecule has 0 aromatic rings. The molecule has 0 aliphatic rings. The second-order valence-electron chi connectivity index (χ2n) is 10.1. The monoisotopic (exact) mass is 494 g/mol. The van der Waals surface area contributed by atoms with Crippen LogP contribution in [0, 0.1) is 0 Å². The van der Waals surface area contributed by atoms with E-state index in [-0.39, 0.29) is 18.4 Å². The first-order valence-electron chi connectivity index (χ1n) is 15.2. The molecule has 0 aromatic carbocycles. The third kappa shape index (κ3) is 28.8. The molecule has 0 aromatic heterocycles. The van der Waals surface area contributed by atoms with Crippen molar-refractivity contribution in [2.24, 2.45) is 0 Å². The van der Waals surface area contributed by atoms with E-state index < -0.39 is 0 Å². The highest BCUT2D eigenvalue weighted by Crippen LogP contribution is 2.12. The van der Waals surface area contributed by atoms with Crippen molar-refractivity contribution in [1.29, 1.82) is 0 Å². The van der Waals surface area contributed by atoms with Crippen molar-refractivity contribution in [3.63, 3.8) is 0 Å². The van der Waals surface area contributed by atoms with Crippen molar-refractivity contribution in [3.8, 4) is 0 Å². The minimum absolute atomic E-state index is 0.131. The predicted octanol–water partition coefficient (Wildman–Crippen LogP) is 9.64. The number of unbranched alkanes of at least 4 members (excludes halogenated alkanes) is 20. The van der Waals surface area contributed by atoms with E-state index in [1.165, 1.54) is 122 Å². The summed E-state index contributed by atoms with van der Waals surface area (Å²) in [4.78, 5) is 23.5. The van der Waals surface area contributed by atoms with Crippen molar-refractivity contribution in [2.75, 3.05) is 13.2 Å². The van der Waals surface area contributed by atoms with Gasteiger partial charge in [0.25, 0.3) is 0 Å². The lowest BCUT2D eigenvalue weighted by Gasteiger charge is -2.04. The van der Waals surface area contributed by atoms with Gasteiger partial charge in [0.15, 0.2) is 0 Å². The van der Waals surface area contributed by atoms with E-state index in [2.05, 4.69) is 13.8 Å². The quantitative estimate of drug-likeness (QED) is 0.0648. The predicted molar refractivity (Wildman–Crippen MR) is 149 cm³/mol. The minimum atomic E-state index is -0.366. The van der Waals surface area contributed by atoms with Gasteiger partial charge in [0.1, 0.15) is 0 Å². The second-order valence-corrected chi connectivity index (χ2v) is 10.1. The third-order valence-corrected chi connectivity index (χ3v) is 6.54. The van der Waals surface area contributed by atoms with Crippen molar-refractivity contribution in [1.82, 2.24) is 0 Å². The van der Waals surface area contributed by atoms with Crippen LogP contribution in [0.2, 0.25) is 0 Å². The first-order chi connectivity index (χ1) is 17.2. The molecule has 0 bridgehead atoms. The number of carbonyl (C=O) groups excluding carboxylic acids is 2. The topological polar surface area (TPSA) is 52.6 Å². The summed E-state index contributed by atoms with van der Waals surface area (Å²) in [6.45, 7) is 5.45. The van der Waals surface area contributed by atoms with Gasteiger partial charge in [-0.25, -0.2) is 4.79 Å². The van der Waals surface area contributed by atoms with Crippen LogP contribution in [0.5, 0.6) is 0 Å². The summed E-state index contributed by atoms with van der Waals surface area (Å²) < 4.78 is 10.4. The highest BCUT2D eigenvalue weighted by molar-refractivity contribution is 5.83. The normalized spacial score (nSPS) is 11.3. The lowest BCUT2D eigenvalue weighted by atomic mass is 10.1. The SMILES string of the molecule is CCCCCCCCCCCCCOC(=O)C=CCC(=O)OCCCCCCCCCCCCC. The molecular weight excluding hydrogens is 436 g/mol. The van der Waals surface area contributed by atoms with Crippen LogP contribution in [-0.4, -0.2) is 25.2 Å². The fourth-order valence-electron chi connectivity index (χ4n) is 4.25. The van der Waals surface area contributed by atoms with Crippen LogP contribution < -0.4 is 0 Å². The number of hydrogen-bond acceptors (Lipinski definition) is 4. The van der Waals surface area contributed by atoms with Gasteiger partial charge in [0, 0.05) is 6.08 Å². The van der Waals surface area contributed by atoms with Crippen molar-refractivity contribution < 1.29 is 19.1 Å². The van der Waals surface area contributed by atoms with Crippen molar-refractivity contribution in [3.05, 3.63) is 12.2 Å². The van der Waals surface area contributed by atoms with Gasteiger partial charge in [-0.1, -0.05) is 148 Å². The molecule has 35 heavy (non-hydrogen) atoms. The molecule has 0 saturated carbocycles. The van der Waals surface area contributed by atoms with Crippen LogP contribution >= 0.6 is 0 Å². The van der Waals surface area contributed by atoms with E-state index >= 15 is 0 Å². The molecule has 0 radical (unpaired) electrons. The molecule has 0 heterocycles. The van der Waals surface area contributed by atoms with Crippen LogP contribution in [0.15, 0.2) is 12.2 Å². The number of hydrogen-bond donors (Lipinski definition) is 0. The van der Waals surface area contributed by atoms with Gasteiger partial charge in [-0.15, -0.1) is 0 Å². The Morgan fingerprint density at radius 3 is 1.23 bits per heavy atom. The third-order valence-electron chi connectivity index (χ3n) is 6.54. The maximum Gasteiger partial charge on any atom is 0.330 e. The maximum absolute atomic E-state index is 11.8. The Hall–Kier alpha value is -1.32. The van der Waals surface area contributed by atoms with Gasteiger partial charge < -0.3 is 9.47 Å². The molecule has 0 fully saturated rings. The molecule has 0 spiro atoms. The van der Waals surface area contributed by atoms with E-state index in [9.17, 15) is 9.59 Å². The minimum Gasteiger partial charge on any atom is -0.465 e. The second kappa shape index (κ2) is 28.9. The summed E-state index contributed by atoms with van der Waals surface area (Å²) >= 11 is 0. The lowest BCUT2D eigenvalue weighted by molar-refractivity contribution is -0.142. The molecule has 206 valence electrons. The standard InChI is InChI=1S/C31H58O4/c1-3-5-7-9-11-13-15-17-19-21-23-28-34-30(32)26-25-27-31(33)35-29-24-22-20-18-16-14-12-10-8-6-4-2/h25-26H,3-24,27-29H2,1-2H3. The number of esters is 2. The number of ether oxygens (including phenoxy) is 2. The Balaban J connectivity index is 3.37. The molecule has 0 aliphatic carbocycles. The van der Waals surface area contributed by atoms with E-state index in [0.717, 1.165) is 25.7 Å². The zero-order chi connectivity index (χ0) is 25.7. The average molecular weight is 495 g/mol.